The van der Waals surface area contributed by atoms with E-state index in [1.807, 2.05) is 6.07 Å². The summed E-state index contributed by atoms with van der Waals surface area (Å²) in [7, 11) is 1.76. The second-order valence-corrected chi connectivity index (χ2v) is 5.55. The molecule has 0 spiro atoms. The molecule has 0 bridgehead atoms. The number of ether oxygens (including phenoxy) is 3. The summed E-state index contributed by atoms with van der Waals surface area (Å²) >= 11 is 0. The largest absolute Gasteiger partial charge is 0.486 e. The number of methoxy groups -OCH3 is 1. The number of hydrogen-bond acceptors (Lipinski definition) is 5. The van der Waals surface area contributed by atoms with Crippen molar-refractivity contribution in [1.82, 2.24) is 9.80 Å². The summed E-state index contributed by atoms with van der Waals surface area (Å²) in [4.78, 5) is 4.94. The minimum absolute atomic E-state index is 0.647. The number of nitrogens with zero attached hydrogens (tertiary/aromatic N) is 2. The van der Waals surface area contributed by atoms with E-state index in [-0.39, 0.29) is 0 Å². The molecular weight excluding hydrogens is 268 g/mol. The maximum absolute atomic E-state index is 5.79. The third kappa shape index (κ3) is 3.67. The lowest BCUT2D eigenvalue weighted by Crippen LogP contribution is -2.46. The van der Waals surface area contributed by atoms with Crippen LogP contribution < -0.4 is 9.47 Å². The van der Waals surface area contributed by atoms with E-state index in [1.54, 1.807) is 7.11 Å². The van der Waals surface area contributed by atoms with Crippen LogP contribution in [0.1, 0.15) is 5.56 Å². The average Bonchev–Trinajstić information content (AvgIpc) is 2.55. The Labute approximate surface area is 126 Å². The molecule has 0 N–H and O–H groups in total. The zero-order chi connectivity index (χ0) is 14.5. The molecule has 0 aliphatic carbocycles. The summed E-state index contributed by atoms with van der Waals surface area (Å²) in [6.07, 6.45) is 0. The Morgan fingerprint density at radius 2 is 1.81 bits per heavy atom. The van der Waals surface area contributed by atoms with Gasteiger partial charge in [-0.3, -0.25) is 9.80 Å². The number of para-hydroxylation sites is 1. The molecule has 1 aromatic rings. The quantitative estimate of drug-likeness (QED) is 0.815. The van der Waals surface area contributed by atoms with Crippen LogP contribution in [0, 0.1) is 0 Å². The second-order valence-electron chi connectivity index (χ2n) is 5.55. The number of piperazine rings is 1. The third-order valence-corrected chi connectivity index (χ3v) is 4.12. The SMILES string of the molecule is COCCN1CCN(Cc2cccc3c2OCCO3)CC1. The highest BCUT2D eigenvalue weighted by Gasteiger charge is 2.20. The van der Waals surface area contributed by atoms with Crippen LogP contribution in [0.3, 0.4) is 0 Å². The van der Waals surface area contributed by atoms with Crippen LogP contribution in [0.5, 0.6) is 11.5 Å². The normalized spacial score (nSPS) is 19.7. The van der Waals surface area contributed by atoms with Crippen LogP contribution in [0.15, 0.2) is 18.2 Å². The predicted molar refractivity (Wildman–Crippen MR) is 81.0 cm³/mol. The van der Waals surface area contributed by atoms with Gasteiger partial charge in [0.15, 0.2) is 11.5 Å². The van der Waals surface area contributed by atoms with Gasteiger partial charge in [0.25, 0.3) is 0 Å². The average molecular weight is 292 g/mol. The first kappa shape index (κ1) is 14.6. The van der Waals surface area contributed by atoms with E-state index in [1.165, 1.54) is 5.56 Å². The van der Waals surface area contributed by atoms with Crippen molar-refractivity contribution in [1.29, 1.82) is 0 Å². The Morgan fingerprint density at radius 3 is 2.62 bits per heavy atom. The Morgan fingerprint density at radius 1 is 1.05 bits per heavy atom. The molecule has 2 heterocycles. The van der Waals surface area contributed by atoms with E-state index in [0.29, 0.717) is 13.2 Å². The van der Waals surface area contributed by atoms with Gasteiger partial charge >= 0.3 is 0 Å². The van der Waals surface area contributed by atoms with Gasteiger partial charge in [-0.25, -0.2) is 0 Å². The zero-order valence-electron chi connectivity index (χ0n) is 12.7. The van der Waals surface area contributed by atoms with Crippen molar-refractivity contribution < 1.29 is 14.2 Å². The van der Waals surface area contributed by atoms with Crippen LogP contribution in [0.4, 0.5) is 0 Å². The molecule has 0 amide bonds. The summed E-state index contributed by atoms with van der Waals surface area (Å²) in [5.41, 5.74) is 1.23. The van der Waals surface area contributed by atoms with Gasteiger partial charge in [0, 0.05) is 51.9 Å². The molecule has 3 rings (SSSR count). The van der Waals surface area contributed by atoms with E-state index < -0.39 is 0 Å². The molecule has 1 fully saturated rings. The fourth-order valence-electron chi connectivity index (χ4n) is 2.89. The van der Waals surface area contributed by atoms with Gasteiger partial charge in [0.2, 0.25) is 0 Å². The van der Waals surface area contributed by atoms with E-state index in [2.05, 4.69) is 21.9 Å². The smallest absolute Gasteiger partial charge is 0.165 e. The van der Waals surface area contributed by atoms with E-state index in [4.69, 9.17) is 14.2 Å². The minimum atomic E-state index is 0.647. The van der Waals surface area contributed by atoms with Crippen LogP contribution in [-0.2, 0) is 11.3 Å². The molecule has 0 radical (unpaired) electrons. The summed E-state index contributed by atoms with van der Waals surface area (Å²) in [5.74, 6) is 1.82. The fraction of sp³-hybridized carbons (Fsp3) is 0.625. The highest BCUT2D eigenvalue weighted by atomic mass is 16.6. The number of hydrogen-bond donors (Lipinski definition) is 0. The molecular formula is C16H24N2O3. The predicted octanol–water partition coefficient (Wildman–Crippen LogP) is 1.22. The van der Waals surface area contributed by atoms with Crippen molar-refractivity contribution >= 4 is 0 Å². The van der Waals surface area contributed by atoms with Crippen LogP contribution in [0.2, 0.25) is 0 Å². The van der Waals surface area contributed by atoms with Gasteiger partial charge in [-0.1, -0.05) is 12.1 Å². The molecule has 5 nitrogen and oxygen atoms in total. The lowest BCUT2D eigenvalue weighted by atomic mass is 10.1. The lowest BCUT2D eigenvalue weighted by Gasteiger charge is -2.35. The third-order valence-electron chi connectivity index (χ3n) is 4.12. The summed E-state index contributed by atoms with van der Waals surface area (Å²) < 4.78 is 16.6. The van der Waals surface area contributed by atoms with Gasteiger partial charge in [0.05, 0.1) is 6.61 Å². The molecule has 21 heavy (non-hydrogen) atoms. The first-order valence-corrected chi connectivity index (χ1v) is 7.68. The van der Waals surface area contributed by atoms with E-state index in [9.17, 15) is 0 Å². The first-order valence-electron chi connectivity index (χ1n) is 7.68. The van der Waals surface area contributed by atoms with E-state index in [0.717, 1.165) is 57.4 Å². The standard InChI is InChI=1S/C16H24N2O3/c1-19-10-9-17-5-7-18(8-6-17)13-14-3-2-4-15-16(14)21-12-11-20-15/h2-4H,5-13H2,1H3. The Balaban J connectivity index is 1.56. The fourth-order valence-corrected chi connectivity index (χ4v) is 2.89. The summed E-state index contributed by atoms with van der Waals surface area (Å²) in [6.45, 7) is 8.47. The van der Waals surface area contributed by atoms with Gasteiger partial charge in [0.1, 0.15) is 13.2 Å². The number of fused-ring (bicyclic) bond motifs is 1. The number of benzene rings is 1. The van der Waals surface area contributed by atoms with Crippen molar-refractivity contribution in [3.05, 3.63) is 23.8 Å². The maximum Gasteiger partial charge on any atom is 0.165 e. The Hall–Kier alpha value is -1.30. The second kappa shape index (κ2) is 7.11. The molecule has 0 unspecified atom stereocenters. The van der Waals surface area contributed by atoms with Crippen LogP contribution in [-0.4, -0.2) is 69.5 Å². The zero-order valence-corrected chi connectivity index (χ0v) is 12.7. The molecule has 116 valence electrons. The molecule has 0 saturated carbocycles. The van der Waals surface area contributed by atoms with Crippen LogP contribution in [0.25, 0.3) is 0 Å². The van der Waals surface area contributed by atoms with Crippen molar-refractivity contribution in [2.24, 2.45) is 0 Å². The Kier molecular flexibility index (Phi) is 4.95. The highest BCUT2D eigenvalue weighted by Crippen LogP contribution is 2.34. The van der Waals surface area contributed by atoms with Crippen molar-refractivity contribution in [2.75, 3.05) is 59.7 Å². The molecule has 0 aromatic heterocycles. The maximum atomic E-state index is 5.79. The molecule has 0 atom stereocenters. The van der Waals surface area contributed by atoms with Gasteiger partial charge in [-0.15, -0.1) is 0 Å². The van der Waals surface area contributed by atoms with Crippen molar-refractivity contribution in [2.45, 2.75) is 6.54 Å². The number of rotatable bonds is 5. The summed E-state index contributed by atoms with van der Waals surface area (Å²) in [6, 6.07) is 6.18. The highest BCUT2D eigenvalue weighted by molar-refractivity contribution is 5.47. The molecule has 1 aromatic carbocycles. The summed E-state index contributed by atoms with van der Waals surface area (Å²) in [5, 5.41) is 0. The Bertz CT molecular complexity index is 459. The lowest BCUT2D eigenvalue weighted by molar-refractivity contribution is 0.0925. The van der Waals surface area contributed by atoms with Crippen LogP contribution >= 0.6 is 0 Å². The molecule has 2 aliphatic heterocycles. The van der Waals surface area contributed by atoms with Crippen molar-refractivity contribution in [3.8, 4) is 11.5 Å². The molecule has 2 aliphatic rings. The monoisotopic (exact) mass is 292 g/mol. The molecule has 5 heteroatoms. The molecule has 1 saturated heterocycles. The van der Waals surface area contributed by atoms with Crippen molar-refractivity contribution in [3.63, 3.8) is 0 Å². The van der Waals surface area contributed by atoms with E-state index >= 15 is 0 Å². The van der Waals surface area contributed by atoms with Gasteiger partial charge in [-0.05, 0) is 6.07 Å². The topological polar surface area (TPSA) is 34.2 Å². The minimum Gasteiger partial charge on any atom is -0.486 e. The first-order chi connectivity index (χ1) is 10.4. The van der Waals surface area contributed by atoms with Gasteiger partial charge < -0.3 is 14.2 Å². The van der Waals surface area contributed by atoms with Gasteiger partial charge in [-0.2, -0.15) is 0 Å².